The summed E-state index contributed by atoms with van der Waals surface area (Å²) in [6.45, 7) is 10.4. The molecule has 0 amide bonds. The van der Waals surface area contributed by atoms with Crippen LogP contribution in [0.4, 0.5) is 0 Å². The van der Waals surface area contributed by atoms with Crippen LogP contribution in [0.5, 0.6) is 0 Å². The van der Waals surface area contributed by atoms with Gasteiger partial charge in [0.1, 0.15) is 0 Å². The van der Waals surface area contributed by atoms with Gasteiger partial charge in [-0.1, -0.05) is 44.9 Å². The summed E-state index contributed by atoms with van der Waals surface area (Å²) in [7, 11) is 0. The van der Waals surface area contributed by atoms with Crippen LogP contribution in [0.1, 0.15) is 125 Å². The number of rotatable bonds is 20. The summed E-state index contributed by atoms with van der Waals surface area (Å²) in [6.07, 6.45) is 9.48. The van der Waals surface area contributed by atoms with Crippen molar-refractivity contribution < 1.29 is 34.8 Å². The second kappa shape index (κ2) is 14.7. The number of carbonyl (C=O) groups is 3. The molecule has 0 aromatic heterocycles. The van der Waals surface area contributed by atoms with Gasteiger partial charge in [0.25, 0.3) is 0 Å². The van der Waals surface area contributed by atoms with Crippen LogP contribution in [0.3, 0.4) is 0 Å². The summed E-state index contributed by atoms with van der Waals surface area (Å²) in [4.78, 5) is 33.9. The van der Waals surface area contributed by atoms with Crippen molar-refractivity contribution in [2.24, 2.45) is 22.2 Å². The monoisotopic (exact) mass is 486 g/mol. The molecule has 1 unspecified atom stereocenters. The highest BCUT2D eigenvalue weighted by molar-refractivity contribution is 5.74. The number of unbranched alkanes of at least 4 members (excludes halogenated alkanes) is 4. The molecule has 0 aliphatic rings. The highest BCUT2D eigenvalue weighted by Crippen LogP contribution is 2.30. The third kappa shape index (κ3) is 12.7. The molecular weight excluding hydrogens is 436 g/mol. The van der Waals surface area contributed by atoms with Crippen molar-refractivity contribution in [1.82, 2.24) is 0 Å². The zero-order chi connectivity index (χ0) is 26.6. The van der Waals surface area contributed by atoms with Crippen LogP contribution in [0, 0.1) is 22.2 Å². The second-order valence-corrected chi connectivity index (χ2v) is 12.0. The van der Waals surface area contributed by atoms with Crippen molar-refractivity contribution in [3.8, 4) is 0 Å². The largest absolute Gasteiger partial charge is 0.481 e. The minimum atomic E-state index is -0.795. The average Bonchev–Trinajstić information content (AvgIpc) is 2.71. The van der Waals surface area contributed by atoms with Gasteiger partial charge in [0.05, 0.1) is 22.3 Å². The Balaban J connectivity index is 4.67. The van der Waals surface area contributed by atoms with Crippen molar-refractivity contribution in [2.75, 3.05) is 0 Å². The summed E-state index contributed by atoms with van der Waals surface area (Å²) in [6, 6.07) is 0. The molecule has 0 rings (SSSR count). The molecule has 0 radical (unpaired) electrons. The molecule has 0 spiro atoms. The van der Waals surface area contributed by atoms with E-state index in [0.29, 0.717) is 25.7 Å². The minimum absolute atomic E-state index is 0.108. The number of carboxylic acid groups (broad SMARTS) is 3. The van der Waals surface area contributed by atoms with Crippen LogP contribution >= 0.6 is 0 Å². The zero-order valence-corrected chi connectivity index (χ0v) is 22.4. The molecule has 0 aromatic rings. The molecule has 7 nitrogen and oxygen atoms in total. The summed E-state index contributed by atoms with van der Waals surface area (Å²) >= 11 is 0. The Hall–Kier alpha value is -1.63. The molecule has 0 fully saturated rings. The van der Waals surface area contributed by atoms with Gasteiger partial charge in [0.2, 0.25) is 0 Å². The Labute approximate surface area is 206 Å². The molecule has 200 valence electrons. The van der Waals surface area contributed by atoms with Crippen molar-refractivity contribution in [1.29, 1.82) is 0 Å². The molecule has 34 heavy (non-hydrogen) atoms. The van der Waals surface area contributed by atoms with Crippen molar-refractivity contribution in [3.05, 3.63) is 0 Å². The standard InChI is InChI=1S/C27H50O7/c1-25(2,22(29)30)17-11-7-8-16-21(28)20(14-9-12-18-26(3,4)23(31)32)15-10-13-19-27(5,6)24(33)34/h20-21,28H,7-19H2,1-6H3,(H,29,30)(H,31,32)(H,33,34). The first-order chi connectivity index (χ1) is 15.5. The lowest BCUT2D eigenvalue weighted by Gasteiger charge is -2.25. The first-order valence-corrected chi connectivity index (χ1v) is 12.9. The van der Waals surface area contributed by atoms with Crippen molar-refractivity contribution >= 4 is 17.9 Å². The quantitative estimate of drug-likeness (QED) is 0.147. The third-order valence-corrected chi connectivity index (χ3v) is 7.34. The van der Waals surface area contributed by atoms with Gasteiger partial charge in [-0.15, -0.1) is 0 Å². The molecule has 4 N–H and O–H groups in total. The predicted molar refractivity (Wildman–Crippen MR) is 134 cm³/mol. The van der Waals surface area contributed by atoms with Crippen LogP contribution < -0.4 is 0 Å². The lowest BCUT2D eigenvalue weighted by atomic mass is 9.82. The van der Waals surface area contributed by atoms with E-state index in [9.17, 15) is 34.8 Å². The number of aliphatic hydroxyl groups is 1. The maximum absolute atomic E-state index is 11.3. The topological polar surface area (TPSA) is 132 Å². The number of hydrogen-bond acceptors (Lipinski definition) is 4. The minimum Gasteiger partial charge on any atom is -0.481 e. The summed E-state index contributed by atoms with van der Waals surface area (Å²) in [5.41, 5.74) is -2.23. The Bertz CT molecular complexity index is 603. The van der Waals surface area contributed by atoms with E-state index in [-0.39, 0.29) is 5.92 Å². The van der Waals surface area contributed by atoms with Crippen LogP contribution in [0.25, 0.3) is 0 Å². The molecule has 7 heteroatoms. The van der Waals surface area contributed by atoms with Gasteiger partial charge in [-0.3, -0.25) is 14.4 Å². The lowest BCUT2D eigenvalue weighted by molar-refractivity contribution is -0.148. The van der Waals surface area contributed by atoms with Gasteiger partial charge in [0, 0.05) is 0 Å². The Morgan fingerprint density at radius 1 is 0.529 bits per heavy atom. The number of aliphatic carboxylic acids is 3. The van der Waals surface area contributed by atoms with Gasteiger partial charge in [-0.2, -0.15) is 0 Å². The van der Waals surface area contributed by atoms with Crippen LogP contribution in [-0.2, 0) is 14.4 Å². The Morgan fingerprint density at radius 2 is 0.824 bits per heavy atom. The van der Waals surface area contributed by atoms with E-state index in [0.717, 1.165) is 57.8 Å². The zero-order valence-electron chi connectivity index (χ0n) is 22.4. The number of hydrogen-bond donors (Lipinski definition) is 4. The molecule has 0 heterocycles. The van der Waals surface area contributed by atoms with Crippen molar-refractivity contribution in [2.45, 2.75) is 131 Å². The molecule has 0 saturated heterocycles. The number of aliphatic hydroxyl groups excluding tert-OH is 1. The van der Waals surface area contributed by atoms with E-state index < -0.39 is 40.3 Å². The first kappa shape index (κ1) is 32.4. The van der Waals surface area contributed by atoms with Crippen LogP contribution in [0.15, 0.2) is 0 Å². The Kier molecular flexibility index (Phi) is 14.0. The predicted octanol–water partition coefficient (Wildman–Crippen LogP) is 6.37. The van der Waals surface area contributed by atoms with E-state index in [2.05, 4.69) is 0 Å². The lowest BCUT2D eigenvalue weighted by Crippen LogP contribution is -2.25. The molecule has 0 saturated carbocycles. The van der Waals surface area contributed by atoms with Gasteiger partial charge in [0.15, 0.2) is 0 Å². The fourth-order valence-corrected chi connectivity index (χ4v) is 4.13. The molecule has 0 aliphatic carbocycles. The highest BCUT2D eigenvalue weighted by Gasteiger charge is 2.29. The van der Waals surface area contributed by atoms with Gasteiger partial charge in [-0.25, -0.2) is 0 Å². The maximum Gasteiger partial charge on any atom is 0.309 e. The van der Waals surface area contributed by atoms with Gasteiger partial charge < -0.3 is 20.4 Å². The maximum atomic E-state index is 11.3. The van der Waals surface area contributed by atoms with E-state index >= 15 is 0 Å². The van der Waals surface area contributed by atoms with E-state index in [4.69, 9.17) is 0 Å². The molecular formula is C27H50O7. The Morgan fingerprint density at radius 3 is 1.15 bits per heavy atom. The molecule has 0 aliphatic heterocycles. The second-order valence-electron chi connectivity index (χ2n) is 12.0. The van der Waals surface area contributed by atoms with Crippen molar-refractivity contribution in [3.63, 3.8) is 0 Å². The molecule has 0 bridgehead atoms. The summed E-state index contributed by atoms with van der Waals surface area (Å²) < 4.78 is 0. The molecule has 0 aromatic carbocycles. The summed E-state index contributed by atoms with van der Waals surface area (Å²) in [5.74, 6) is -2.27. The van der Waals surface area contributed by atoms with Crippen LogP contribution in [0.2, 0.25) is 0 Å². The van der Waals surface area contributed by atoms with E-state index in [1.165, 1.54) is 0 Å². The summed E-state index contributed by atoms with van der Waals surface area (Å²) in [5, 5.41) is 38.7. The molecule has 1 atom stereocenters. The average molecular weight is 487 g/mol. The highest BCUT2D eigenvalue weighted by atomic mass is 16.4. The first-order valence-electron chi connectivity index (χ1n) is 12.9. The fraction of sp³-hybridized carbons (Fsp3) is 0.889. The van der Waals surface area contributed by atoms with E-state index in [1.54, 1.807) is 41.5 Å². The van der Waals surface area contributed by atoms with Crippen LogP contribution in [-0.4, -0.2) is 44.4 Å². The van der Waals surface area contributed by atoms with Gasteiger partial charge in [-0.05, 0) is 86.0 Å². The fourth-order valence-electron chi connectivity index (χ4n) is 4.13. The number of carboxylic acids is 3. The SMILES string of the molecule is CC(C)(CCCCCC(O)C(CCCCC(C)(C)C(=O)O)CCCCC(C)(C)C(=O)O)C(=O)O. The third-order valence-electron chi connectivity index (χ3n) is 7.34. The van der Waals surface area contributed by atoms with E-state index in [1.807, 2.05) is 0 Å². The smallest absolute Gasteiger partial charge is 0.309 e. The normalized spacial score (nSPS) is 13.8. The van der Waals surface area contributed by atoms with Gasteiger partial charge >= 0.3 is 17.9 Å².